The minimum Gasteiger partial charge on any atom is -0.496 e. The smallest absolute Gasteiger partial charge is 0.193 e. The van der Waals surface area contributed by atoms with Crippen molar-refractivity contribution in [3.05, 3.63) is 47.3 Å². The number of ether oxygens (including phenoxy) is 3. The highest BCUT2D eigenvalue weighted by Crippen LogP contribution is 2.40. The van der Waals surface area contributed by atoms with Gasteiger partial charge in [0.2, 0.25) is 0 Å². The van der Waals surface area contributed by atoms with Crippen LogP contribution in [0.5, 0.6) is 5.75 Å². The molecule has 1 N–H and O–H groups in total. The first kappa shape index (κ1) is 25.8. The van der Waals surface area contributed by atoms with E-state index in [0.29, 0.717) is 6.61 Å². The molecule has 2 aliphatic rings. The molecule has 1 atom stereocenters. The Morgan fingerprint density at radius 1 is 1.30 bits per heavy atom. The Bertz CT molecular complexity index is 942. The van der Waals surface area contributed by atoms with E-state index in [-0.39, 0.29) is 35.5 Å². The van der Waals surface area contributed by atoms with E-state index in [1.807, 2.05) is 31.2 Å². The molecule has 0 amide bonds. The number of hydrogen-bond acceptors (Lipinski definition) is 5. The Morgan fingerprint density at radius 2 is 2.09 bits per heavy atom. The van der Waals surface area contributed by atoms with Gasteiger partial charge in [0.1, 0.15) is 11.9 Å². The molecule has 2 aromatic rings. The van der Waals surface area contributed by atoms with Crippen LogP contribution in [0.15, 0.2) is 35.6 Å². The first-order valence-electron chi connectivity index (χ1n) is 11.3. The first-order chi connectivity index (χ1) is 15.5. The minimum atomic E-state index is -0.0689. The van der Waals surface area contributed by atoms with Gasteiger partial charge >= 0.3 is 0 Å². The second-order valence-electron chi connectivity index (χ2n) is 8.75. The van der Waals surface area contributed by atoms with E-state index in [9.17, 15) is 0 Å². The summed E-state index contributed by atoms with van der Waals surface area (Å²) in [4.78, 5) is 6.89. The molecule has 2 aliphatic heterocycles. The van der Waals surface area contributed by atoms with Gasteiger partial charge in [-0.25, -0.2) is 0 Å². The SMILES string of the molecule is CN=C(NCC1(c2cc(C)ccc2OC)CCOCC1)N1CCOC(c2cnn(C)c2)C1.I. The van der Waals surface area contributed by atoms with Crippen LogP contribution in [-0.2, 0) is 21.9 Å². The third-order valence-corrected chi connectivity index (χ3v) is 6.64. The quantitative estimate of drug-likeness (QED) is 0.339. The van der Waals surface area contributed by atoms with E-state index in [1.54, 1.807) is 7.11 Å². The molecule has 0 saturated carbocycles. The predicted octanol–water partition coefficient (Wildman–Crippen LogP) is 3.05. The second-order valence-corrected chi connectivity index (χ2v) is 8.75. The fourth-order valence-electron chi connectivity index (χ4n) is 4.77. The molecule has 4 rings (SSSR count). The van der Waals surface area contributed by atoms with Crippen LogP contribution in [0.3, 0.4) is 0 Å². The molecule has 9 heteroatoms. The molecule has 0 bridgehead atoms. The fraction of sp³-hybridized carbons (Fsp3) is 0.583. The summed E-state index contributed by atoms with van der Waals surface area (Å²) in [6, 6.07) is 6.45. The average molecular weight is 569 g/mol. The van der Waals surface area contributed by atoms with Crippen molar-refractivity contribution in [2.24, 2.45) is 12.0 Å². The number of morpholine rings is 1. The van der Waals surface area contributed by atoms with Gasteiger partial charge in [-0.15, -0.1) is 24.0 Å². The number of halogens is 1. The van der Waals surface area contributed by atoms with Crippen molar-refractivity contribution < 1.29 is 14.2 Å². The molecule has 0 radical (unpaired) electrons. The number of methoxy groups -OCH3 is 1. The molecule has 0 spiro atoms. The zero-order valence-electron chi connectivity index (χ0n) is 20.0. The number of guanidine groups is 1. The van der Waals surface area contributed by atoms with Gasteiger partial charge in [-0.3, -0.25) is 9.67 Å². The Balaban J connectivity index is 0.00000306. The summed E-state index contributed by atoms with van der Waals surface area (Å²) in [5.41, 5.74) is 3.52. The molecule has 182 valence electrons. The lowest BCUT2D eigenvalue weighted by Gasteiger charge is -2.41. The topological polar surface area (TPSA) is 73.1 Å². The van der Waals surface area contributed by atoms with Gasteiger partial charge in [0, 0.05) is 63.1 Å². The normalized spacial score (nSPS) is 20.8. The molecule has 1 aromatic carbocycles. The van der Waals surface area contributed by atoms with E-state index < -0.39 is 0 Å². The predicted molar refractivity (Wildman–Crippen MR) is 140 cm³/mol. The summed E-state index contributed by atoms with van der Waals surface area (Å²) < 4.78 is 19.3. The maximum Gasteiger partial charge on any atom is 0.193 e. The number of aliphatic imine (C=N–C) groups is 1. The van der Waals surface area contributed by atoms with Crippen LogP contribution in [0.4, 0.5) is 0 Å². The molecular weight excluding hydrogens is 533 g/mol. The van der Waals surface area contributed by atoms with Gasteiger partial charge in [0.15, 0.2) is 5.96 Å². The van der Waals surface area contributed by atoms with Gasteiger partial charge in [0.25, 0.3) is 0 Å². The van der Waals surface area contributed by atoms with Crippen LogP contribution in [0, 0.1) is 6.92 Å². The molecule has 1 unspecified atom stereocenters. The van der Waals surface area contributed by atoms with Gasteiger partial charge in [-0.05, 0) is 25.8 Å². The van der Waals surface area contributed by atoms with Crippen LogP contribution in [0.1, 0.15) is 35.6 Å². The minimum absolute atomic E-state index is 0. The Morgan fingerprint density at radius 3 is 2.76 bits per heavy atom. The van der Waals surface area contributed by atoms with Crippen LogP contribution >= 0.6 is 24.0 Å². The monoisotopic (exact) mass is 569 g/mol. The Labute approximate surface area is 213 Å². The molecule has 33 heavy (non-hydrogen) atoms. The van der Waals surface area contributed by atoms with E-state index >= 15 is 0 Å². The summed E-state index contributed by atoms with van der Waals surface area (Å²) in [6.07, 6.45) is 5.78. The maximum atomic E-state index is 6.02. The zero-order chi connectivity index (χ0) is 22.6. The average Bonchev–Trinajstić information content (AvgIpc) is 3.26. The first-order valence-corrected chi connectivity index (χ1v) is 11.3. The highest BCUT2D eigenvalue weighted by atomic mass is 127. The number of benzene rings is 1. The molecule has 1 aromatic heterocycles. The number of rotatable bonds is 5. The van der Waals surface area contributed by atoms with Gasteiger partial charge in [-0.1, -0.05) is 17.7 Å². The molecule has 2 saturated heterocycles. The van der Waals surface area contributed by atoms with Crippen LogP contribution < -0.4 is 10.1 Å². The van der Waals surface area contributed by atoms with Crippen molar-refractivity contribution >= 4 is 29.9 Å². The van der Waals surface area contributed by atoms with Crippen molar-refractivity contribution in [1.82, 2.24) is 20.0 Å². The van der Waals surface area contributed by atoms with Crippen molar-refractivity contribution in [2.45, 2.75) is 31.3 Å². The highest BCUT2D eigenvalue weighted by Gasteiger charge is 2.37. The third-order valence-electron chi connectivity index (χ3n) is 6.64. The molecule has 2 fully saturated rings. The lowest BCUT2D eigenvalue weighted by atomic mass is 9.73. The maximum absolute atomic E-state index is 6.02. The molecule has 0 aliphatic carbocycles. The number of nitrogens with one attached hydrogen (secondary N) is 1. The lowest BCUT2D eigenvalue weighted by Crippen LogP contribution is -2.52. The summed E-state index contributed by atoms with van der Waals surface area (Å²) in [6.45, 7) is 6.61. The standard InChI is InChI=1S/C24H35N5O3.HI/c1-18-5-6-21(30-4)20(13-18)24(7-10-31-11-8-24)17-26-23(25-2)29-9-12-32-22(16-29)19-14-27-28(3)15-19;/h5-6,13-15,22H,7-12,16-17H2,1-4H3,(H,25,26);1H. The molecule has 8 nitrogen and oxygen atoms in total. The lowest BCUT2D eigenvalue weighted by molar-refractivity contribution is -0.00836. The van der Waals surface area contributed by atoms with E-state index in [2.05, 4.69) is 45.4 Å². The summed E-state index contributed by atoms with van der Waals surface area (Å²) in [5.74, 6) is 1.84. The van der Waals surface area contributed by atoms with Crippen molar-refractivity contribution in [3.63, 3.8) is 0 Å². The van der Waals surface area contributed by atoms with Crippen LogP contribution in [-0.4, -0.2) is 74.3 Å². The van der Waals surface area contributed by atoms with Crippen molar-refractivity contribution in [3.8, 4) is 5.75 Å². The number of aromatic nitrogens is 2. The van der Waals surface area contributed by atoms with Gasteiger partial charge in [-0.2, -0.15) is 5.10 Å². The van der Waals surface area contributed by atoms with Crippen molar-refractivity contribution in [1.29, 1.82) is 0 Å². The Hall–Kier alpha value is -1.85. The van der Waals surface area contributed by atoms with E-state index in [1.165, 1.54) is 11.1 Å². The van der Waals surface area contributed by atoms with Crippen LogP contribution in [0.25, 0.3) is 0 Å². The van der Waals surface area contributed by atoms with E-state index in [0.717, 1.165) is 63.0 Å². The van der Waals surface area contributed by atoms with Gasteiger partial charge < -0.3 is 24.4 Å². The number of aryl methyl sites for hydroxylation is 2. The zero-order valence-corrected chi connectivity index (χ0v) is 22.4. The number of nitrogens with zero attached hydrogens (tertiary/aromatic N) is 4. The number of hydrogen-bond donors (Lipinski definition) is 1. The highest BCUT2D eigenvalue weighted by molar-refractivity contribution is 14.0. The van der Waals surface area contributed by atoms with E-state index in [4.69, 9.17) is 14.2 Å². The summed E-state index contributed by atoms with van der Waals surface area (Å²) >= 11 is 0. The Kier molecular flexibility index (Phi) is 9.00. The summed E-state index contributed by atoms with van der Waals surface area (Å²) in [7, 11) is 5.53. The van der Waals surface area contributed by atoms with Crippen LogP contribution in [0.2, 0.25) is 0 Å². The van der Waals surface area contributed by atoms with Gasteiger partial charge in [0.05, 0.1) is 26.5 Å². The second kappa shape index (κ2) is 11.5. The van der Waals surface area contributed by atoms with Crippen molar-refractivity contribution in [2.75, 3.05) is 53.6 Å². The third kappa shape index (κ3) is 5.81. The fourth-order valence-corrected chi connectivity index (χ4v) is 4.77. The molecular formula is C24H36IN5O3. The summed E-state index contributed by atoms with van der Waals surface area (Å²) in [5, 5.41) is 7.98. The molecule has 3 heterocycles. The largest absolute Gasteiger partial charge is 0.496 e.